The molecule has 0 aromatic carbocycles. The van der Waals surface area contributed by atoms with Crippen LogP contribution in [0.3, 0.4) is 0 Å². The van der Waals surface area contributed by atoms with Crippen molar-refractivity contribution < 1.29 is 19.4 Å². The van der Waals surface area contributed by atoms with Gasteiger partial charge in [0.1, 0.15) is 5.78 Å². The van der Waals surface area contributed by atoms with E-state index < -0.39 is 0 Å². The van der Waals surface area contributed by atoms with Gasteiger partial charge >= 0.3 is 0 Å². The Kier molecular flexibility index (Phi) is 8.32. The van der Waals surface area contributed by atoms with Crippen molar-refractivity contribution in [3.63, 3.8) is 0 Å². The van der Waals surface area contributed by atoms with Gasteiger partial charge in [-0.1, -0.05) is 0 Å². The zero-order chi connectivity index (χ0) is 9.23. The third kappa shape index (κ3) is 9.55. The third-order valence-corrected chi connectivity index (χ3v) is 1.21. The number of hydrogen-bond acceptors (Lipinski definition) is 4. The number of Topliss-reactive ketones (excluding diaryl/α,β-unsaturated/α-hetero) is 1. The molecule has 0 unspecified atom stereocenters. The molecule has 4 heteroatoms. The minimum absolute atomic E-state index is 0.0352. The van der Waals surface area contributed by atoms with Crippen LogP contribution in [0.2, 0.25) is 0 Å². The van der Waals surface area contributed by atoms with Crippen molar-refractivity contribution in [1.82, 2.24) is 0 Å². The summed E-state index contributed by atoms with van der Waals surface area (Å²) in [5, 5.41) is 8.33. The molecule has 4 nitrogen and oxygen atoms in total. The molecule has 0 rings (SSSR count). The molecule has 0 heterocycles. The van der Waals surface area contributed by atoms with Crippen LogP contribution in [0.5, 0.6) is 0 Å². The Balaban J connectivity index is 2.86. The molecule has 72 valence electrons. The lowest BCUT2D eigenvalue weighted by atomic mass is 10.3. The fraction of sp³-hybridized carbons (Fsp3) is 0.875. The summed E-state index contributed by atoms with van der Waals surface area (Å²) in [6, 6.07) is 0. The first-order valence-electron chi connectivity index (χ1n) is 4.03. The van der Waals surface area contributed by atoms with Crippen molar-refractivity contribution in [3.8, 4) is 0 Å². The van der Waals surface area contributed by atoms with Gasteiger partial charge < -0.3 is 14.6 Å². The van der Waals surface area contributed by atoms with E-state index in [9.17, 15) is 4.79 Å². The van der Waals surface area contributed by atoms with Gasteiger partial charge in [-0.05, 0) is 6.92 Å². The fourth-order valence-electron chi connectivity index (χ4n) is 0.602. The molecule has 0 atom stereocenters. The monoisotopic (exact) mass is 176 g/mol. The molecule has 0 aromatic rings. The highest BCUT2D eigenvalue weighted by molar-refractivity contribution is 5.75. The number of hydrogen-bond donors (Lipinski definition) is 1. The molecule has 0 saturated heterocycles. The Morgan fingerprint density at radius 1 is 1.17 bits per heavy atom. The van der Waals surface area contributed by atoms with E-state index in [2.05, 4.69) is 0 Å². The Bertz CT molecular complexity index is 114. The van der Waals surface area contributed by atoms with Crippen molar-refractivity contribution in [2.24, 2.45) is 0 Å². The summed E-state index contributed by atoms with van der Waals surface area (Å²) >= 11 is 0. The number of ether oxygens (including phenoxy) is 2. The van der Waals surface area contributed by atoms with Gasteiger partial charge in [0.05, 0.1) is 33.0 Å². The molecule has 0 aliphatic carbocycles. The predicted octanol–water partition coefficient (Wildman–Crippen LogP) is -0.00900. The molecule has 0 bridgehead atoms. The lowest BCUT2D eigenvalue weighted by Gasteiger charge is -2.02. The minimum atomic E-state index is 0.0352. The molecular weight excluding hydrogens is 160 g/mol. The Labute approximate surface area is 72.5 Å². The summed E-state index contributed by atoms with van der Waals surface area (Å²) in [5.74, 6) is 0.131. The molecule has 0 aliphatic heterocycles. The topological polar surface area (TPSA) is 55.8 Å². The molecular formula is C8H16O4. The molecule has 0 saturated carbocycles. The average molecular weight is 176 g/mol. The van der Waals surface area contributed by atoms with Crippen molar-refractivity contribution in [2.75, 3.05) is 33.0 Å². The highest BCUT2D eigenvalue weighted by Gasteiger charge is 1.93. The third-order valence-electron chi connectivity index (χ3n) is 1.21. The van der Waals surface area contributed by atoms with Gasteiger partial charge in [0.15, 0.2) is 0 Å². The van der Waals surface area contributed by atoms with Crippen LogP contribution >= 0.6 is 0 Å². The normalized spacial score (nSPS) is 10.2. The van der Waals surface area contributed by atoms with Gasteiger partial charge in [-0.3, -0.25) is 4.79 Å². The Hall–Kier alpha value is -0.450. The maximum Gasteiger partial charge on any atom is 0.132 e. The average Bonchev–Trinajstić information content (AvgIpc) is 2.02. The SMILES string of the molecule is CC(=O)CCOCCOCCO. The zero-order valence-corrected chi connectivity index (χ0v) is 7.41. The van der Waals surface area contributed by atoms with E-state index in [-0.39, 0.29) is 12.4 Å². The van der Waals surface area contributed by atoms with E-state index in [1.807, 2.05) is 0 Å². The van der Waals surface area contributed by atoms with Crippen molar-refractivity contribution in [3.05, 3.63) is 0 Å². The van der Waals surface area contributed by atoms with Gasteiger partial charge in [-0.2, -0.15) is 0 Å². The summed E-state index contributed by atoms with van der Waals surface area (Å²) < 4.78 is 9.99. The summed E-state index contributed by atoms with van der Waals surface area (Å²) in [6.45, 7) is 3.32. The lowest BCUT2D eigenvalue weighted by Crippen LogP contribution is -2.09. The minimum Gasteiger partial charge on any atom is -0.394 e. The summed E-state index contributed by atoms with van der Waals surface area (Å²) in [4.78, 5) is 10.4. The van der Waals surface area contributed by atoms with E-state index in [4.69, 9.17) is 14.6 Å². The fourth-order valence-corrected chi connectivity index (χ4v) is 0.602. The van der Waals surface area contributed by atoms with E-state index in [1.54, 1.807) is 0 Å². The molecule has 0 fully saturated rings. The first kappa shape index (κ1) is 11.6. The van der Waals surface area contributed by atoms with Crippen LogP contribution in [0.4, 0.5) is 0 Å². The van der Waals surface area contributed by atoms with Crippen molar-refractivity contribution in [1.29, 1.82) is 0 Å². The lowest BCUT2D eigenvalue weighted by molar-refractivity contribution is -0.118. The number of rotatable bonds is 8. The van der Waals surface area contributed by atoms with Crippen LogP contribution in [0.15, 0.2) is 0 Å². The van der Waals surface area contributed by atoms with Gasteiger partial charge in [0, 0.05) is 6.42 Å². The molecule has 0 amide bonds. The maximum atomic E-state index is 10.4. The predicted molar refractivity (Wildman–Crippen MR) is 44.0 cm³/mol. The van der Waals surface area contributed by atoms with Crippen LogP contribution in [0, 0.1) is 0 Å². The van der Waals surface area contributed by atoms with Crippen LogP contribution in [-0.2, 0) is 14.3 Å². The number of carbonyl (C=O) groups is 1. The van der Waals surface area contributed by atoms with E-state index >= 15 is 0 Å². The van der Waals surface area contributed by atoms with E-state index in [1.165, 1.54) is 6.92 Å². The van der Waals surface area contributed by atoms with Crippen LogP contribution in [0.1, 0.15) is 13.3 Å². The van der Waals surface area contributed by atoms with Crippen LogP contribution in [-0.4, -0.2) is 43.9 Å². The summed E-state index contributed by atoms with van der Waals surface area (Å²) in [6.07, 6.45) is 0.458. The second-order valence-corrected chi connectivity index (χ2v) is 2.40. The Morgan fingerprint density at radius 3 is 2.25 bits per heavy atom. The molecule has 0 radical (unpaired) electrons. The van der Waals surface area contributed by atoms with Crippen LogP contribution in [0.25, 0.3) is 0 Å². The van der Waals surface area contributed by atoms with E-state index in [0.717, 1.165) is 0 Å². The molecule has 0 aromatic heterocycles. The highest BCUT2D eigenvalue weighted by Crippen LogP contribution is 1.84. The first-order valence-corrected chi connectivity index (χ1v) is 4.03. The Morgan fingerprint density at radius 2 is 1.75 bits per heavy atom. The second-order valence-electron chi connectivity index (χ2n) is 2.40. The number of aliphatic hydroxyl groups excluding tert-OH is 1. The largest absolute Gasteiger partial charge is 0.394 e. The van der Waals surface area contributed by atoms with Crippen molar-refractivity contribution in [2.45, 2.75) is 13.3 Å². The van der Waals surface area contributed by atoms with Gasteiger partial charge in [-0.15, -0.1) is 0 Å². The standard InChI is InChI=1S/C8H16O4/c1-8(10)2-4-11-6-7-12-5-3-9/h9H,2-7H2,1H3. The van der Waals surface area contributed by atoms with Gasteiger partial charge in [0.25, 0.3) is 0 Å². The second kappa shape index (κ2) is 8.64. The number of ketones is 1. The molecule has 0 aliphatic rings. The first-order chi connectivity index (χ1) is 5.77. The molecule has 12 heavy (non-hydrogen) atoms. The zero-order valence-electron chi connectivity index (χ0n) is 7.41. The van der Waals surface area contributed by atoms with Crippen LogP contribution < -0.4 is 0 Å². The maximum absolute atomic E-state index is 10.4. The van der Waals surface area contributed by atoms with Gasteiger partial charge in [-0.25, -0.2) is 0 Å². The highest BCUT2D eigenvalue weighted by atomic mass is 16.5. The van der Waals surface area contributed by atoms with Crippen molar-refractivity contribution >= 4 is 5.78 Å². The van der Waals surface area contributed by atoms with E-state index in [0.29, 0.717) is 32.8 Å². The summed E-state index contributed by atoms with van der Waals surface area (Å²) in [7, 11) is 0. The quantitative estimate of drug-likeness (QED) is 0.528. The summed E-state index contributed by atoms with van der Waals surface area (Å²) in [5.41, 5.74) is 0. The number of aliphatic hydroxyl groups is 1. The molecule has 1 N–H and O–H groups in total. The van der Waals surface area contributed by atoms with Gasteiger partial charge in [0.2, 0.25) is 0 Å². The number of carbonyl (C=O) groups excluding carboxylic acids is 1. The molecule has 0 spiro atoms. The smallest absolute Gasteiger partial charge is 0.132 e.